The van der Waals surface area contributed by atoms with Crippen LogP contribution in [0.3, 0.4) is 0 Å². The molecule has 6 heteroatoms. The van der Waals surface area contributed by atoms with E-state index in [0.717, 1.165) is 54.3 Å². The summed E-state index contributed by atoms with van der Waals surface area (Å²) in [7, 11) is 0. The molecule has 6 nitrogen and oxygen atoms in total. The molecule has 4 rings (SSSR count). The number of benzene rings is 2. The predicted molar refractivity (Wildman–Crippen MR) is 110 cm³/mol. The van der Waals surface area contributed by atoms with Crippen LogP contribution in [0.15, 0.2) is 54.6 Å². The molecule has 1 N–H and O–H groups in total. The molecule has 1 fully saturated rings. The number of amides is 1. The maximum absolute atomic E-state index is 12.2. The Morgan fingerprint density at radius 2 is 1.93 bits per heavy atom. The number of ether oxygens (including phenoxy) is 2. The Morgan fingerprint density at radius 1 is 1.14 bits per heavy atom. The van der Waals surface area contributed by atoms with Gasteiger partial charge in [0.15, 0.2) is 6.61 Å². The lowest BCUT2D eigenvalue weighted by Gasteiger charge is -2.28. The van der Waals surface area contributed by atoms with Gasteiger partial charge >= 0.3 is 0 Å². The molecule has 3 aromatic rings. The Labute approximate surface area is 164 Å². The number of nitrogens with one attached hydrogen (secondary N) is 1. The number of hydrogen-bond acceptors (Lipinski definition) is 5. The number of aryl methyl sites for hydroxylation is 1. The zero-order valence-corrected chi connectivity index (χ0v) is 15.9. The largest absolute Gasteiger partial charge is 0.484 e. The van der Waals surface area contributed by atoms with Crippen molar-refractivity contribution in [2.24, 2.45) is 0 Å². The minimum atomic E-state index is -0.196. The summed E-state index contributed by atoms with van der Waals surface area (Å²) < 4.78 is 10.9. The number of rotatable bonds is 5. The van der Waals surface area contributed by atoms with Gasteiger partial charge in [0.25, 0.3) is 5.91 Å². The molecular formula is C22H23N3O3. The van der Waals surface area contributed by atoms with Crippen LogP contribution >= 0.6 is 0 Å². The Bertz CT molecular complexity index is 969. The zero-order valence-electron chi connectivity index (χ0n) is 15.9. The first-order valence-corrected chi connectivity index (χ1v) is 9.41. The third kappa shape index (κ3) is 4.23. The van der Waals surface area contributed by atoms with Crippen molar-refractivity contribution >= 4 is 28.3 Å². The Kier molecular flexibility index (Phi) is 5.39. The van der Waals surface area contributed by atoms with Crippen LogP contribution in [0.4, 0.5) is 11.5 Å². The normalized spacial score (nSPS) is 14.1. The van der Waals surface area contributed by atoms with Gasteiger partial charge in [-0.05, 0) is 48.9 Å². The van der Waals surface area contributed by atoms with Crippen LogP contribution in [-0.2, 0) is 9.53 Å². The number of carbonyl (C=O) groups excluding carboxylic acids is 1. The summed E-state index contributed by atoms with van der Waals surface area (Å²) in [6, 6.07) is 17.2. The SMILES string of the molecule is Cc1cc(N2CCOCC2)nc2ccc(NC(=O)COc3ccccc3)cc12. The third-order valence-electron chi connectivity index (χ3n) is 4.73. The minimum absolute atomic E-state index is 0.0325. The van der Waals surface area contributed by atoms with Crippen molar-refractivity contribution in [1.29, 1.82) is 0 Å². The molecule has 1 saturated heterocycles. The number of nitrogens with zero attached hydrogens (tertiary/aromatic N) is 2. The van der Waals surface area contributed by atoms with Crippen LogP contribution < -0.4 is 15.0 Å². The van der Waals surface area contributed by atoms with Gasteiger partial charge < -0.3 is 19.7 Å². The number of anilines is 2. The van der Waals surface area contributed by atoms with Crippen LogP contribution in [0.1, 0.15) is 5.56 Å². The molecule has 1 amide bonds. The van der Waals surface area contributed by atoms with E-state index in [2.05, 4.69) is 23.2 Å². The molecule has 0 radical (unpaired) electrons. The van der Waals surface area contributed by atoms with Crippen molar-refractivity contribution in [1.82, 2.24) is 4.98 Å². The van der Waals surface area contributed by atoms with Crippen LogP contribution in [0, 0.1) is 6.92 Å². The van der Waals surface area contributed by atoms with Gasteiger partial charge in [-0.2, -0.15) is 0 Å². The number of pyridine rings is 1. The second-order valence-corrected chi connectivity index (χ2v) is 6.78. The molecule has 0 aliphatic carbocycles. The molecule has 0 atom stereocenters. The van der Waals surface area contributed by atoms with Gasteiger partial charge in [0.2, 0.25) is 0 Å². The molecule has 2 aromatic carbocycles. The summed E-state index contributed by atoms with van der Waals surface area (Å²) in [6.07, 6.45) is 0. The quantitative estimate of drug-likeness (QED) is 0.738. The minimum Gasteiger partial charge on any atom is -0.484 e. The summed E-state index contributed by atoms with van der Waals surface area (Å²) in [5.74, 6) is 1.45. The van der Waals surface area contributed by atoms with E-state index >= 15 is 0 Å². The van der Waals surface area contributed by atoms with Crippen molar-refractivity contribution in [3.63, 3.8) is 0 Å². The lowest BCUT2D eigenvalue weighted by molar-refractivity contribution is -0.118. The highest BCUT2D eigenvalue weighted by Crippen LogP contribution is 2.25. The van der Waals surface area contributed by atoms with E-state index in [9.17, 15) is 4.79 Å². The van der Waals surface area contributed by atoms with E-state index < -0.39 is 0 Å². The number of carbonyl (C=O) groups is 1. The summed E-state index contributed by atoms with van der Waals surface area (Å²) >= 11 is 0. The fourth-order valence-corrected chi connectivity index (χ4v) is 3.27. The Hall–Kier alpha value is -3.12. The highest BCUT2D eigenvalue weighted by atomic mass is 16.5. The first-order chi connectivity index (χ1) is 13.7. The molecule has 1 aliphatic rings. The molecule has 144 valence electrons. The molecule has 0 spiro atoms. The van der Waals surface area contributed by atoms with Crippen molar-refractivity contribution in [2.45, 2.75) is 6.92 Å². The van der Waals surface area contributed by atoms with E-state index in [1.807, 2.05) is 48.5 Å². The molecule has 1 aromatic heterocycles. The third-order valence-corrected chi connectivity index (χ3v) is 4.73. The van der Waals surface area contributed by atoms with E-state index in [-0.39, 0.29) is 12.5 Å². The maximum Gasteiger partial charge on any atom is 0.262 e. The van der Waals surface area contributed by atoms with Crippen molar-refractivity contribution in [3.8, 4) is 5.75 Å². The van der Waals surface area contributed by atoms with Gasteiger partial charge in [0, 0.05) is 24.2 Å². The first-order valence-electron chi connectivity index (χ1n) is 9.41. The Balaban J connectivity index is 1.46. The van der Waals surface area contributed by atoms with Gasteiger partial charge in [0.05, 0.1) is 18.7 Å². The molecule has 0 bridgehead atoms. The standard InChI is InChI=1S/C22H23N3O3/c1-16-13-21(25-9-11-27-12-10-25)24-20-8-7-17(14-19(16)20)23-22(26)15-28-18-5-3-2-4-6-18/h2-8,13-14H,9-12,15H2,1H3,(H,23,26). The van der Waals surface area contributed by atoms with Crippen molar-refractivity contribution in [3.05, 3.63) is 60.2 Å². The van der Waals surface area contributed by atoms with Crippen LogP contribution in [0.5, 0.6) is 5.75 Å². The smallest absolute Gasteiger partial charge is 0.262 e. The molecule has 1 aliphatic heterocycles. The van der Waals surface area contributed by atoms with E-state index in [1.54, 1.807) is 0 Å². The molecule has 28 heavy (non-hydrogen) atoms. The van der Waals surface area contributed by atoms with Gasteiger partial charge in [-0.1, -0.05) is 18.2 Å². The average Bonchev–Trinajstić information content (AvgIpc) is 2.74. The predicted octanol–water partition coefficient (Wildman–Crippen LogP) is 3.40. The van der Waals surface area contributed by atoms with E-state index in [0.29, 0.717) is 5.75 Å². The van der Waals surface area contributed by atoms with Gasteiger partial charge in [-0.25, -0.2) is 4.98 Å². The van der Waals surface area contributed by atoms with E-state index in [4.69, 9.17) is 14.5 Å². The maximum atomic E-state index is 12.2. The lowest BCUT2D eigenvalue weighted by Crippen LogP contribution is -2.36. The second-order valence-electron chi connectivity index (χ2n) is 6.78. The van der Waals surface area contributed by atoms with Crippen LogP contribution in [0.2, 0.25) is 0 Å². The van der Waals surface area contributed by atoms with Gasteiger partial charge in [-0.3, -0.25) is 4.79 Å². The molecule has 2 heterocycles. The van der Waals surface area contributed by atoms with Crippen LogP contribution in [-0.4, -0.2) is 43.8 Å². The fraction of sp³-hybridized carbons (Fsp3) is 0.273. The summed E-state index contributed by atoms with van der Waals surface area (Å²) in [5, 5.41) is 3.92. The average molecular weight is 377 g/mol. The number of aromatic nitrogens is 1. The second kappa shape index (κ2) is 8.27. The first kappa shape index (κ1) is 18.3. The highest BCUT2D eigenvalue weighted by Gasteiger charge is 2.14. The zero-order chi connectivity index (χ0) is 19.3. The van der Waals surface area contributed by atoms with Crippen molar-refractivity contribution in [2.75, 3.05) is 43.1 Å². The summed E-state index contributed by atoms with van der Waals surface area (Å²) in [5.41, 5.74) is 2.78. The van der Waals surface area contributed by atoms with Gasteiger partial charge in [-0.15, -0.1) is 0 Å². The number of fused-ring (bicyclic) bond motifs is 1. The molecular weight excluding hydrogens is 354 g/mol. The fourth-order valence-electron chi connectivity index (χ4n) is 3.27. The number of morpholine rings is 1. The Morgan fingerprint density at radius 3 is 2.71 bits per heavy atom. The highest BCUT2D eigenvalue weighted by molar-refractivity contribution is 5.95. The van der Waals surface area contributed by atoms with Crippen molar-refractivity contribution < 1.29 is 14.3 Å². The van der Waals surface area contributed by atoms with Gasteiger partial charge in [0.1, 0.15) is 11.6 Å². The summed E-state index contributed by atoms with van der Waals surface area (Å²) in [4.78, 5) is 19.2. The molecule has 0 unspecified atom stereocenters. The number of hydrogen-bond donors (Lipinski definition) is 1. The lowest BCUT2D eigenvalue weighted by atomic mass is 10.1. The topological polar surface area (TPSA) is 63.7 Å². The monoisotopic (exact) mass is 377 g/mol. The van der Waals surface area contributed by atoms with E-state index in [1.165, 1.54) is 0 Å². The van der Waals surface area contributed by atoms with Crippen LogP contribution in [0.25, 0.3) is 10.9 Å². The molecule has 0 saturated carbocycles. The number of para-hydroxylation sites is 1. The summed E-state index contributed by atoms with van der Waals surface area (Å²) in [6.45, 7) is 5.21.